The van der Waals surface area contributed by atoms with Gasteiger partial charge in [-0.15, -0.1) is 0 Å². The maximum absolute atomic E-state index is 13.4. The Morgan fingerprint density at radius 3 is 2.50 bits per heavy atom. The Morgan fingerprint density at radius 2 is 1.75 bits per heavy atom. The van der Waals surface area contributed by atoms with Crippen LogP contribution in [-0.2, 0) is 21.5 Å². The number of imide groups is 1. The van der Waals surface area contributed by atoms with Crippen LogP contribution in [0.2, 0.25) is 0 Å². The van der Waals surface area contributed by atoms with Crippen molar-refractivity contribution in [3.05, 3.63) is 59.4 Å². The molecule has 0 bridgehead atoms. The van der Waals surface area contributed by atoms with Crippen LogP contribution in [0.1, 0.15) is 17.0 Å². The van der Waals surface area contributed by atoms with Crippen molar-refractivity contribution in [1.29, 1.82) is 0 Å². The first kappa shape index (κ1) is 16.7. The number of rotatable bonds is 2. The van der Waals surface area contributed by atoms with E-state index < -0.39 is 12.0 Å². The Labute approximate surface area is 161 Å². The number of amides is 2. The van der Waals surface area contributed by atoms with Crippen LogP contribution in [0.3, 0.4) is 0 Å². The summed E-state index contributed by atoms with van der Waals surface area (Å²) in [7, 11) is 1.84. The molecule has 2 atom stereocenters. The molecule has 0 radical (unpaired) electrons. The Balaban J connectivity index is 1.61. The van der Waals surface area contributed by atoms with Crippen molar-refractivity contribution in [3.63, 3.8) is 0 Å². The second kappa shape index (κ2) is 5.76. The number of carbonyl (C=O) groups is 2. The van der Waals surface area contributed by atoms with Gasteiger partial charge in [-0.25, -0.2) is 4.90 Å². The summed E-state index contributed by atoms with van der Waals surface area (Å²) >= 11 is 0. The average Bonchev–Trinajstić information content (AvgIpc) is 3.29. The van der Waals surface area contributed by atoms with Crippen molar-refractivity contribution < 1.29 is 14.4 Å². The molecule has 2 aliphatic rings. The highest BCUT2D eigenvalue weighted by Gasteiger charge is 2.57. The highest BCUT2D eigenvalue weighted by molar-refractivity contribution is 6.34. The summed E-state index contributed by atoms with van der Waals surface area (Å²) in [6.45, 7) is 3.77. The largest absolute Gasteiger partial charge is 0.381 e. The summed E-state index contributed by atoms with van der Waals surface area (Å²) in [6.07, 6.45) is -0.930. The standard InChI is InChI=1S/C21H18N4O3/c1-11-16(12(2)24(3)22-11)18-17-19(28-23-18)21(27)25(20(17)26)15-10-6-8-13-7-4-5-9-14(13)15/h4-10,17,19H,1-3H3. The highest BCUT2D eigenvalue weighted by atomic mass is 16.6. The molecule has 140 valence electrons. The molecule has 0 aliphatic carbocycles. The zero-order valence-corrected chi connectivity index (χ0v) is 15.7. The predicted molar refractivity (Wildman–Crippen MR) is 104 cm³/mol. The van der Waals surface area contributed by atoms with E-state index in [1.54, 1.807) is 10.7 Å². The van der Waals surface area contributed by atoms with Gasteiger partial charge in [-0.2, -0.15) is 5.10 Å². The van der Waals surface area contributed by atoms with Crippen LogP contribution in [0.5, 0.6) is 0 Å². The maximum Gasteiger partial charge on any atom is 0.278 e. The average molecular weight is 374 g/mol. The lowest BCUT2D eigenvalue weighted by Crippen LogP contribution is -2.33. The summed E-state index contributed by atoms with van der Waals surface area (Å²) in [5.74, 6) is -1.46. The number of hydrogen-bond donors (Lipinski definition) is 0. The first-order valence-electron chi connectivity index (χ1n) is 9.09. The second-order valence-corrected chi connectivity index (χ2v) is 7.16. The van der Waals surface area contributed by atoms with Gasteiger partial charge in [0.25, 0.3) is 5.91 Å². The third-order valence-corrected chi connectivity index (χ3v) is 5.58. The van der Waals surface area contributed by atoms with Gasteiger partial charge in [0.05, 0.1) is 11.4 Å². The van der Waals surface area contributed by atoms with Crippen molar-refractivity contribution in [2.75, 3.05) is 4.90 Å². The van der Waals surface area contributed by atoms with Gasteiger partial charge in [-0.3, -0.25) is 14.3 Å². The van der Waals surface area contributed by atoms with Crippen LogP contribution < -0.4 is 4.90 Å². The minimum Gasteiger partial charge on any atom is -0.381 e. The van der Waals surface area contributed by atoms with Gasteiger partial charge < -0.3 is 4.84 Å². The van der Waals surface area contributed by atoms with Crippen molar-refractivity contribution >= 4 is 34.0 Å². The molecule has 5 rings (SSSR count). The molecule has 1 aromatic heterocycles. The van der Waals surface area contributed by atoms with E-state index in [1.807, 2.05) is 57.3 Å². The van der Waals surface area contributed by atoms with Gasteiger partial charge in [0.2, 0.25) is 12.0 Å². The van der Waals surface area contributed by atoms with E-state index in [0.29, 0.717) is 11.4 Å². The molecular weight excluding hydrogens is 356 g/mol. The number of nitrogens with zero attached hydrogens (tertiary/aromatic N) is 4. The lowest BCUT2D eigenvalue weighted by Gasteiger charge is -2.17. The molecule has 1 saturated heterocycles. The van der Waals surface area contributed by atoms with Gasteiger partial charge in [0, 0.05) is 23.7 Å². The van der Waals surface area contributed by atoms with E-state index >= 15 is 0 Å². The van der Waals surface area contributed by atoms with E-state index in [4.69, 9.17) is 4.84 Å². The molecule has 0 saturated carbocycles. The highest BCUT2D eigenvalue weighted by Crippen LogP contribution is 2.38. The van der Waals surface area contributed by atoms with E-state index in [9.17, 15) is 9.59 Å². The Morgan fingerprint density at radius 1 is 1.00 bits per heavy atom. The molecule has 7 heteroatoms. The monoisotopic (exact) mass is 374 g/mol. The zero-order valence-electron chi connectivity index (χ0n) is 15.7. The summed E-state index contributed by atoms with van der Waals surface area (Å²) in [4.78, 5) is 33.1. The zero-order chi connectivity index (χ0) is 19.6. The van der Waals surface area contributed by atoms with Crippen LogP contribution in [0.15, 0.2) is 47.6 Å². The van der Waals surface area contributed by atoms with E-state index in [1.165, 1.54) is 4.90 Å². The fourth-order valence-corrected chi connectivity index (χ4v) is 4.17. The van der Waals surface area contributed by atoms with Gasteiger partial charge in [0.15, 0.2) is 0 Å². The minimum absolute atomic E-state index is 0.315. The fourth-order valence-electron chi connectivity index (χ4n) is 4.17. The van der Waals surface area contributed by atoms with Crippen molar-refractivity contribution in [2.45, 2.75) is 20.0 Å². The summed E-state index contributed by atoms with van der Waals surface area (Å²) in [5, 5.41) is 10.3. The number of anilines is 1. The molecule has 2 unspecified atom stereocenters. The molecule has 28 heavy (non-hydrogen) atoms. The Hall–Kier alpha value is -3.48. The molecular formula is C21H18N4O3. The minimum atomic E-state index is -0.930. The number of oxime groups is 1. The molecule has 2 aliphatic heterocycles. The second-order valence-electron chi connectivity index (χ2n) is 7.16. The van der Waals surface area contributed by atoms with E-state index in [-0.39, 0.29) is 11.8 Å². The van der Waals surface area contributed by atoms with E-state index in [2.05, 4.69) is 10.3 Å². The van der Waals surface area contributed by atoms with E-state index in [0.717, 1.165) is 27.7 Å². The van der Waals surface area contributed by atoms with Gasteiger partial charge >= 0.3 is 0 Å². The maximum atomic E-state index is 13.4. The predicted octanol–water partition coefficient (Wildman–Crippen LogP) is 2.48. The fraction of sp³-hybridized carbons (Fsp3) is 0.238. The molecule has 3 aromatic rings. The molecule has 7 nitrogen and oxygen atoms in total. The van der Waals surface area contributed by atoms with Crippen molar-refractivity contribution in [3.8, 4) is 0 Å². The SMILES string of the molecule is Cc1nn(C)c(C)c1C1=NOC2C(=O)N(c3cccc4ccccc34)C(=O)C12. The third-order valence-electron chi connectivity index (χ3n) is 5.58. The summed E-state index contributed by atoms with van der Waals surface area (Å²) < 4.78 is 1.74. The van der Waals surface area contributed by atoms with Gasteiger partial charge in [-0.05, 0) is 25.3 Å². The molecule has 0 N–H and O–H groups in total. The van der Waals surface area contributed by atoms with Crippen LogP contribution in [0.4, 0.5) is 5.69 Å². The number of benzene rings is 2. The normalized spacial score (nSPS) is 21.2. The number of hydrogen-bond acceptors (Lipinski definition) is 5. The van der Waals surface area contributed by atoms with Gasteiger partial charge in [-0.1, -0.05) is 41.6 Å². The third kappa shape index (κ3) is 2.10. The molecule has 3 heterocycles. The van der Waals surface area contributed by atoms with Crippen LogP contribution in [0, 0.1) is 19.8 Å². The molecule has 2 amide bonds. The van der Waals surface area contributed by atoms with Crippen molar-refractivity contribution in [2.24, 2.45) is 18.1 Å². The van der Waals surface area contributed by atoms with Gasteiger partial charge in [0.1, 0.15) is 11.6 Å². The summed E-state index contributed by atoms with van der Waals surface area (Å²) in [6, 6.07) is 13.3. The number of aromatic nitrogens is 2. The number of carbonyl (C=O) groups excluding carboxylic acids is 2. The lowest BCUT2D eigenvalue weighted by molar-refractivity contribution is -0.126. The molecule has 0 spiro atoms. The first-order valence-corrected chi connectivity index (χ1v) is 9.09. The summed E-state index contributed by atoms with van der Waals surface area (Å²) in [5.41, 5.74) is 3.46. The lowest BCUT2D eigenvalue weighted by atomic mass is 9.93. The topological polar surface area (TPSA) is 76.8 Å². The van der Waals surface area contributed by atoms with Crippen molar-refractivity contribution in [1.82, 2.24) is 9.78 Å². The Kier molecular flexibility index (Phi) is 3.43. The smallest absolute Gasteiger partial charge is 0.278 e. The Bertz CT molecular complexity index is 1190. The van der Waals surface area contributed by atoms with Crippen LogP contribution in [-0.4, -0.2) is 33.4 Å². The van der Waals surface area contributed by atoms with Crippen LogP contribution in [0.25, 0.3) is 10.8 Å². The molecule has 2 aromatic carbocycles. The number of aryl methyl sites for hydroxylation is 2. The number of fused-ring (bicyclic) bond motifs is 2. The van der Waals surface area contributed by atoms with Crippen LogP contribution >= 0.6 is 0 Å². The first-order chi connectivity index (χ1) is 13.5. The molecule has 1 fully saturated rings. The quantitative estimate of drug-likeness (QED) is 0.646.